The van der Waals surface area contributed by atoms with Gasteiger partial charge in [0.05, 0.1) is 10.8 Å². The minimum Gasteiger partial charge on any atom is -0.307 e. The Morgan fingerprint density at radius 2 is 1.93 bits per heavy atom. The maximum Gasteiger partial charge on any atom is 0.118 e. The highest BCUT2D eigenvalue weighted by Gasteiger charge is 2.09. The summed E-state index contributed by atoms with van der Waals surface area (Å²) in [5.74, 6) is 0.457. The van der Waals surface area contributed by atoms with Gasteiger partial charge in [-0.2, -0.15) is 0 Å². The lowest BCUT2D eigenvalue weighted by Gasteiger charge is -2.17. The third-order valence-corrected chi connectivity index (χ3v) is 2.55. The van der Waals surface area contributed by atoms with Crippen LogP contribution in [-0.4, -0.2) is 10.5 Å². The maximum absolute atomic E-state index is 11.1. The van der Waals surface area contributed by atoms with Crippen LogP contribution in [0, 0.1) is 5.92 Å². The lowest BCUT2D eigenvalue weighted by atomic mass is 10.0. The molecule has 1 atom stereocenters. The summed E-state index contributed by atoms with van der Waals surface area (Å²) in [4.78, 5) is 0. The van der Waals surface area contributed by atoms with Gasteiger partial charge in [0, 0.05) is 12.5 Å². The zero-order valence-electron chi connectivity index (χ0n) is 9.55. The Bertz CT molecular complexity index is 257. The molecule has 0 bridgehead atoms. The Morgan fingerprint density at radius 1 is 1.36 bits per heavy atom. The van der Waals surface area contributed by atoms with Crippen molar-refractivity contribution in [2.45, 2.75) is 27.7 Å². The highest BCUT2D eigenvalue weighted by Crippen LogP contribution is 2.14. The SMILES string of the molecule is CC.CC(C)C1=CNNC(S(C)=O)=C1. The normalized spacial score (nSPS) is 16.7. The molecule has 0 saturated heterocycles. The van der Waals surface area contributed by atoms with E-state index in [-0.39, 0.29) is 0 Å². The zero-order chi connectivity index (χ0) is 11.1. The third kappa shape index (κ3) is 3.96. The first-order valence-electron chi connectivity index (χ1n) is 4.88. The summed E-state index contributed by atoms with van der Waals surface area (Å²) >= 11 is 0. The van der Waals surface area contributed by atoms with Gasteiger partial charge < -0.3 is 5.43 Å². The molecular formula is C10H20N2OS. The van der Waals surface area contributed by atoms with Gasteiger partial charge in [0.25, 0.3) is 0 Å². The second kappa shape index (κ2) is 6.65. The molecule has 1 rings (SSSR count). The molecule has 0 amide bonds. The van der Waals surface area contributed by atoms with E-state index < -0.39 is 10.8 Å². The molecule has 1 heterocycles. The first kappa shape index (κ1) is 13.2. The van der Waals surface area contributed by atoms with Crippen molar-refractivity contribution in [2.75, 3.05) is 6.26 Å². The van der Waals surface area contributed by atoms with Crippen molar-refractivity contribution in [2.24, 2.45) is 5.92 Å². The summed E-state index contributed by atoms with van der Waals surface area (Å²) in [6.45, 7) is 8.21. The molecule has 4 heteroatoms. The molecule has 1 aliphatic heterocycles. The summed E-state index contributed by atoms with van der Waals surface area (Å²) in [5, 5.41) is 0.737. The smallest absolute Gasteiger partial charge is 0.118 e. The largest absolute Gasteiger partial charge is 0.307 e. The lowest BCUT2D eigenvalue weighted by molar-refractivity contribution is 0.669. The predicted molar refractivity (Wildman–Crippen MR) is 62.7 cm³/mol. The van der Waals surface area contributed by atoms with Gasteiger partial charge >= 0.3 is 0 Å². The van der Waals surface area contributed by atoms with Gasteiger partial charge in [-0.1, -0.05) is 27.7 Å². The van der Waals surface area contributed by atoms with Gasteiger partial charge in [-0.25, -0.2) is 0 Å². The Balaban J connectivity index is 0.000000791. The molecule has 0 fully saturated rings. The number of nitrogens with one attached hydrogen (secondary N) is 2. The van der Waals surface area contributed by atoms with Crippen molar-refractivity contribution in [3.8, 4) is 0 Å². The van der Waals surface area contributed by atoms with Gasteiger partial charge in [0.1, 0.15) is 5.03 Å². The average Bonchev–Trinajstić information content (AvgIpc) is 2.21. The summed E-state index contributed by atoms with van der Waals surface area (Å²) < 4.78 is 11.1. The maximum atomic E-state index is 11.1. The van der Waals surface area contributed by atoms with E-state index in [1.54, 1.807) is 6.26 Å². The molecule has 82 valence electrons. The van der Waals surface area contributed by atoms with Crippen LogP contribution in [0.15, 0.2) is 22.9 Å². The molecule has 0 aliphatic carbocycles. The van der Waals surface area contributed by atoms with E-state index in [4.69, 9.17) is 0 Å². The fourth-order valence-electron chi connectivity index (χ4n) is 0.908. The van der Waals surface area contributed by atoms with E-state index >= 15 is 0 Å². The van der Waals surface area contributed by atoms with Gasteiger partial charge in [-0.3, -0.25) is 9.63 Å². The van der Waals surface area contributed by atoms with E-state index in [1.165, 1.54) is 5.57 Å². The Morgan fingerprint density at radius 3 is 2.36 bits per heavy atom. The summed E-state index contributed by atoms with van der Waals surface area (Å²) in [6, 6.07) is 0. The van der Waals surface area contributed by atoms with Crippen molar-refractivity contribution >= 4 is 10.8 Å². The molecule has 0 spiro atoms. The second-order valence-electron chi connectivity index (χ2n) is 3.03. The van der Waals surface area contributed by atoms with Crippen molar-refractivity contribution < 1.29 is 4.21 Å². The fourth-order valence-corrected chi connectivity index (χ4v) is 1.41. The first-order chi connectivity index (χ1) is 6.61. The van der Waals surface area contributed by atoms with Crippen LogP contribution in [0.5, 0.6) is 0 Å². The van der Waals surface area contributed by atoms with Crippen LogP contribution in [0.1, 0.15) is 27.7 Å². The quantitative estimate of drug-likeness (QED) is 0.740. The molecule has 3 nitrogen and oxygen atoms in total. The monoisotopic (exact) mass is 216 g/mol. The molecule has 0 saturated carbocycles. The number of hydrazine groups is 1. The minimum atomic E-state index is -0.943. The number of allylic oxidation sites excluding steroid dienone is 2. The van der Waals surface area contributed by atoms with E-state index in [9.17, 15) is 4.21 Å². The number of rotatable bonds is 2. The molecule has 0 radical (unpaired) electrons. The Labute approximate surface area is 89.1 Å². The zero-order valence-corrected chi connectivity index (χ0v) is 10.4. The Hall–Kier alpha value is -0.770. The van der Waals surface area contributed by atoms with Crippen molar-refractivity contribution in [3.05, 3.63) is 22.9 Å². The first-order valence-corrected chi connectivity index (χ1v) is 6.44. The van der Waals surface area contributed by atoms with Gasteiger partial charge in [0.2, 0.25) is 0 Å². The van der Waals surface area contributed by atoms with E-state index in [2.05, 4.69) is 24.7 Å². The number of hydrogen-bond acceptors (Lipinski definition) is 3. The topological polar surface area (TPSA) is 41.1 Å². The molecular weight excluding hydrogens is 196 g/mol. The van der Waals surface area contributed by atoms with E-state index in [0.717, 1.165) is 5.03 Å². The van der Waals surface area contributed by atoms with Crippen LogP contribution >= 0.6 is 0 Å². The van der Waals surface area contributed by atoms with Gasteiger partial charge in [0.15, 0.2) is 0 Å². The summed E-state index contributed by atoms with van der Waals surface area (Å²) in [6.07, 6.45) is 5.47. The minimum absolute atomic E-state index is 0.457. The van der Waals surface area contributed by atoms with E-state index in [1.807, 2.05) is 26.1 Å². The predicted octanol–water partition coefficient (Wildman–Crippen LogP) is 1.88. The van der Waals surface area contributed by atoms with Crippen LogP contribution in [0.2, 0.25) is 0 Å². The number of hydrogen-bond donors (Lipinski definition) is 2. The molecule has 2 N–H and O–H groups in total. The Kier molecular flexibility index (Phi) is 6.28. The van der Waals surface area contributed by atoms with E-state index in [0.29, 0.717) is 5.92 Å². The van der Waals surface area contributed by atoms with Gasteiger partial charge in [-0.15, -0.1) is 0 Å². The van der Waals surface area contributed by atoms with Crippen molar-refractivity contribution in [3.63, 3.8) is 0 Å². The summed E-state index contributed by atoms with van der Waals surface area (Å²) in [5.41, 5.74) is 6.88. The van der Waals surface area contributed by atoms with Gasteiger partial charge in [-0.05, 0) is 17.6 Å². The fraction of sp³-hybridized carbons (Fsp3) is 0.600. The summed E-state index contributed by atoms with van der Waals surface area (Å²) in [7, 11) is -0.943. The van der Waals surface area contributed by atoms with Crippen LogP contribution in [-0.2, 0) is 10.8 Å². The average molecular weight is 216 g/mol. The highest BCUT2D eigenvalue weighted by atomic mass is 32.2. The molecule has 1 aliphatic rings. The lowest BCUT2D eigenvalue weighted by Crippen LogP contribution is -2.31. The van der Waals surface area contributed by atoms with Crippen LogP contribution in [0.25, 0.3) is 0 Å². The molecule has 0 aromatic carbocycles. The van der Waals surface area contributed by atoms with Crippen molar-refractivity contribution in [1.82, 2.24) is 10.9 Å². The molecule has 0 aromatic rings. The van der Waals surface area contributed by atoms with Crippen LogP contribution in [0.4, 0.5) is 0 Å². The molecule has 14 heavy (non-hydrogen) atoms. The van der Waals surface area contributed by atoms with Crippen LogP contribution in [0.3, 0.4) is 0 Å². The highest BCUT2D eigenvalue weighted by molar-refractivity contribution is 7.88. The standard InChI is InChI=1S/C8H14N2OS.C2H6/c1-6(2)7-4-8(12(3)11)10-9-5-7;1-2/h4-6,9-10H,1-3H3;1-2H3. The molecule has 1 unspecified atom stereocenters. The van der Waals surface area contributed by atoms with Crippen molar-refractivity contribution in [1.29, 1.82) is 0 Å². The second-order valence-corrected chi connectivity index (χ2v) is 4.38. The van der Waals surface area contributed by atoms with Crippen LogP contribution < -0.4 is 10.9 Å². The third-order valence-electron chi connectivity index (χ3n) is 1.71. The molecule has 0 aromatic heterocycles.